The van der Waals surface area contributed by atoms with Gasteiger partial charge >= 0.3 is 12.1 Å². The molecule has 0 radical (unpaired) electrons. The number of carbonyl (C=O) groups is 4. The summed E-state index contributed by atoms with van der Waals surface area (Å²) in [4.78, 5) is 52.2. The molecule has 3 fully saturated rings. The van der Waals surface area contributed by atoms with Crippen LogP contribution in [0, 0.1) is 23.7 Å². The van der Waals surface area contributed by atoms with Crippen molar-refractivity contribution in [3.8, 4) is 0 Å². The zero-order valence-electron chi connectivity index (χ0n) is 19.2. The van der Waals surface area contributed by atoms with E-state index in [2.05, 4.69) is 5.32 Å². The lowest BCUT2D eigenvalue weighted by atomic mass is 9.80. The van der Waals surface area contributed by atoms with Gasteiger partial charge in [-0.05, 0) is 54.7 Å². The van der Waals surface area contributed by atoms with Gasteiger partial charge in [0, 0.05) is 0 Å². The minimum absolute atomic E-state index is 0.0431. The van der Waals surface area contributed by atoms with Crippen molar-refractivity contribution in [3.05, 3.63) is 58.6 Å². The summed E-state index contributed by atoms with van der Waals surface area (Å²) in [6, 6.07) is 8.02. The van der Waals surface area contributed by atoms with E-state index in [9.17, 15) is 32.3 Å². The third kappa shape index (κ3) is 4.52. The van der Waals surface area contributed by atoms with Crippen LogP contribution in [-0.2, 0) is 25.3 Å². The number of nitrogens with zero attached hydrogens (tertiary/aromatic N) is 1. The quantitative estimate of drug-likeness (QED) is 0.297. The predicted octanol–water partition coefficient (Wildman–Crippen LogP) is 5.12. The molecular weight excluding hydrogens is 572 g/mol. The Hall–Kier alpha value is -2.82. The van der Waals surface area contributed by atoms with E-state index < -0.39 is 64.6 Å². The van der Waals surface area contributed by atoms with Crippen LogP contribution in [0.2, 0.25) is 5.02 Å². The Morgan fingerprint density at radius 1 is 1.00 bits per heavy atom. The number of benzene rings is 2. The smallest absolute Gasteiger partial charge is 0.416 e. The normalized spacial score (nSPS) is 28.0. The molecule has 2 aromatic carbocycles. The molecule has 6 atom stereocenters. The lowest BCUT2D eigenvalue weighted by molar-refractivity contribution is -0.137. The maximum Gasteiger partial charge on any atom is 0.416 e. The van der Waals surface area contributed by atoms with Gasteiger partial charge in [-0.2, -0.15) is 13.2 Å². The Bertz CT molecular complexity index is 1320. The molecule has 1 aliphatic heterocycles. The van der Waals surface area contributed by atoms with Crippen LogP contribution in [0.15, 0.2) is 42.5 Å². The van der Waals surface area contributed by atoms with Crippen molar-refractivity contribution in [1.82, 2.24) is 0 Å². The van der Waals surface area contributed by atoms with Gasteiger partial charge in [0.1, 0.15) is 0 Å². The monoisotopic (exact) mass is 588 g/mol. The predicted molar refractivity (Wildman–Crippen MR) is 132 cm³/mol. The summed E-state index contributed by atoms with van der Waals surface area (Å²) in [7, 11) is 0. The molecule has 2 saturated carbocycles. The number of anilines is 2. The molecule has 2 aliphatic carbocycles. The fourth-order valence-electron chi connectivity index (χ4n) is 5.57. The lowest BCUT2D eigenvalue weighted by Crippen LogP contribution is -2.37. The van der Waals surface area contributed by atoms with Gasteiger partial charge in [0.2, 0.25) is 11.8 Å². The Kier molecular flexibility index (Phi) is 6.86. The molecule has 1 saturated heterocycles. The van der Waals surface area contributed by atoms with Gasteiger partial charge in [0.15, 0.2) is 6.61 Å². The average Bonchev–Trinajstić information content (AvgIpc) is 3.48. The summed E-state index contributed by atoms with van der Waals surface area (Å²) >= 11 is 18.6. The summed E-state index contributed by atoms with van der Waals surface area (Å²) < 4.78 is 43.8. The number of rotatable bonds is 5. The lowest BCUT2D eigenvalue weighted by Gasteiger charge is -2.28. The second kappa shape index (κ2) is 9.73. The van der Waals surface area contributed by atoms with E-state index in [0.29, 0.717) is 12.5 Å². The van der Waals surface area contributed by atoms with E-state index in [1.165, 1.54) is 24.3 Å². The highest BCUT2D eigenvalue weighted by Crippen LogP contribution is 2.59. The van der Waals surface area contributed by atoms with E-state index in [0.717, 1.165) is 17.0 Å². The van der Waals surface area contributed by atoms with Crippen molar-refractivity contribution in [1.29, 1.82) is 0 Å². The standard InChI is InChI=1S/C25H18Cl3F3N2O5/c26-15-5-4-11(25(29,30)31)7-16(15)32-17(34)9-38-24(37)10-2-1-3-12(6-10)33-22(35)18-13-8-14(19(18)23(33)36)21(28)20(13)27/h1-7,13-14,18-21H,8-9H2,(H,32,34)/t13-,14-,18-,19+,20+,21+/m1/s1. The Labute approximate surface area is 229 Å². The molecule has 13 heteroatoms. The number of fused-ring (bicyclic) bond motifs is 5. The van der Waals surface area contributed by atoms with Crippen LogP contribution in [0.5, 0.6) is 0 Å². The first-order chi connectivity index (χ1) is 17.9. The molecule has 38 heavy (non-hydrogen) atoms. The zero-order valence-corrected chi connectivity index (χ0v) is 21.4. The van der Waals surface area contributed by atoms with Crippen LogP contribution in [0.4, 0.5) is 24.5 Å². The third-order valence-corrected chi connectivity index (χ3v) is 8.88. The van der Waals surface area contributed by atoms with E-state index in [1.807, 2.05) is 0 Å². The van der Waals surface area contributed by atoms with Crippen molar-refractivity contribution in [3.63, 3.8) is 0 Å². The zero-order chi connectivity index (χ0) is 27.5. The van der Waals surface area contributed by atoms with Gasteiger partial charge in [-0.3, -0.25) is 19.3 Å². The largest absolute Gasteiger partial charge is 0.452 e. The van der Waals surface area contributed by atoms with Crippen LogP contribution in [-0.4, -0.2) is 41.1 Å². The molecule has 2 bridgehead atoms. The van der Waals surface area contributed by atoms with Gasteiger partial charge in [-0.25, -0.2) is 4.79 Å². The van der Waals surface area contributed by atoms with Crippen LogP contribution in [0.3, 0.4) is 0 Å². The van der Waals surface area contributed by atoms with Gasteiger partial charge in [0.25, 0.3) is 5.91 Å². The topological polar surface area (TPSA) is 92.8 Å². The van der Waals surface area contributed by atoms with Crippen molar-refractivity contribution in [2.45, 2.75) is 23.4 Å². The number of hydrogen-bond acceptors (Lipinski definition) is 5. The number of esters is 1. The summed E-state index contributed by atoms with van der Waals surface area (Å²) in [5.74, 6) is -4.19. The number of hydrogen-bond donors (Lipinski definition) is 1. The van der Waals surface area contributed by atoms with Crippen LogP contribution in [0.25, 0.3) is 0 Å². The summed E-state index contributed by atoms with van der Waals surface area (Å²) in [6.07, 6.45) is -4.03. The first-order valence-electron chi connectivity index (χ1n) is 11.5. The molecular formula is C25H18Cl3F3N2O5. The second-order valence-electron chi connectivity index (χ2n) is 9.38. The van der Waals surface area contributed by atoms with Gasteiger partial charge in [-0.15, -0.1) is 23.2 Å². The molecule has 0 unspecified atom stereocenters. The molecule has 2 aromatic rings. The average molecular weight is 590 g/mol. The first kappa shape index (κ1) is 26.8. The highest BCUT2D eigenvalue weighted by atomic mass is 35.5. The third-order valence-electron chi connectivity index (χ3n) is 7.23. The Morgan fingerprint density at radius 2 is 1.63 bits per heavy atom. The van der Waals surface area contributed by atoms with Crippen LogP contribution in [0.1, 0.15) is 22.3 Å². The van der Waals surface area contributed by atoms with E-state index in [4.69, 9.17) is 39.5 Å². The Balaban J connectivity index is 1.25. The molecule has 7 nitrogen and oxygen atoms in total. The number of carbonyl (C=O) groups excluding carboxylic acids is 4. The molecule has 0 aromatic heterocycles. The number of amides is 3. The fourth-order valence-corrected chi connectivity index (χ4v) is 6.63. The van der Waals surface area contributed by atoms with Crippen LogP contribution >= 0.6 is 34.8 Å². The molecule has 5 rings (SSSR count). The number of imide groups is 1. The minimum Gasteiger partial charge on any atom is -0.452 e. The summed E-state index contributed by atoms with van der Waals surface area (Å²) in [5, 5.41) is 1.23. The van der Waals surface area contributed by atoms with Crippen LogP contribution < -0.4 is 10.2 Å². The molecule has 1 heterocycles. The number of alkyl halides is 5. The van der Waals surface area contributed by atoms with Crippen molar-refractivity contribution >= 4 is 69.9 Å². The highest BCUT2D eigenvalue weighted by Gasteiger charge is 2.67. The van der Waals surface area contributed by atoms with E-state index in [1.54, 1.807) is 0 Å². The highest BCUT2D eigenvalue weighted by molar-refractivity contribution is 6.34. The second-order valence-corrected chi connectivity index (χ2v) is 10.8. The van der Waals surface area contributed by atoms with Gasteiger partial charge in [-0.1, -0.05) is 17.7 Å². The SMILES string of the molecule is O=C(COC(=O)c1cccc(N2C(=O)[C@@H]3[C@H]4C[C@@H]([C@H](Cl)[C@H]4Cl)[C@@H]3C2=O)c1)Nc1cc(C(F)(F)F)ccc1Cl. The number of nitrogens with one attached hydrogen (secondary N) is 1. The van der Waals surface area contributed by atoms with Crippen molar-refractivity contribution in [2.24, 2.45) is 23.7 Å². The van der Waals surface area contributed by atoms with E-state index in [-0.39, 0.29) is 33.8 Å². The number of ether oxygens (including phenoxy) is 1. The fraction of sp³-hybridized carbons (Fsp3) is 0.360. The summed E-state index contributed by atoms with van der Waals surface area (Å²) in [6.45, 7) is -0.820. The molecule has 0 spiro atoms. The molecule has 3 aliphatic rings. The van der Waals surface area contributed by atoms with Crippen molar-refractivity contribution in [2.75, 3.05) is 16.8 Å². The summed E-state index contributed by atoms with van der Waals surface area (Å²) in [5.41, 5.74) is -1.19. The minimum atomic E-state index is -4.64. The first-order valence-corrected chi connectivity index (χ1v) is 12.7. The molecule has 3 amide bonds. The van der Waals surface area contributed by atoms with E-state index >= 15 is 0 Å². The molecule has 1 N–H and O–H groups in total. The van der Waals surface area contributed by atoms with Gasteiger partial charge in [0.05, 0.1) is 50.1 Å². The van der Waals surface area contributed by atoms with Gasteiger partial charge < -0.3 is 10.1 Å². The number of halogens is 6. The maximum atomic E-state index is 13.2. The Morgan fingerprint density at radius 3 is 2.24 bits per heavy atom. The van der Waals surface area contributed by atoms with Crippen molar-refractivity contribution < 1.29 is 37.1 Å². The molecule has 200 valence electrons. The maximum absolute atomic E-state index is 13.2.